The third kappa shape index (κ3) is 15.8. The largest absolute Gasteiger partial charge is 0.453 e. The quantitative estimate of drug-likeness (QED) is 0.233. The summed E-state index contributed by atoms with van der Waals surface area (Å²) >= 11 is 8.26. The molecule has 1 heterocycles. The maximum atomic E-state index is 11.2. The summed E-state index contributed by atoms with van der Waals surface area (Å²) < 4.78 is 4.55. The highest BCUT2D eigenvalue weighted by atomic mass is 35.5. The van der Waals surface area contributed by atoms with Gasteiger partial charge < -0.3 is 31.3 Å². The number of nitrogens with two attached hydrogens (primary N) is 2. The Morgan fingerprint density at radius 1 is 1.12 bits per heavy atom. The number of halogens is 2. The molecule has 222 valence electrons. The minimum Gasteiger partial charge on any atom is -0.453 e. The number of primary amides is 2. The number of hydrogen-bond acceptors (Lipinski definition) is 10. The number of hydrogen-bond donors (Lipinski definition) is 3. The van der Waals surface area contributed by atoms with Gasteiger partial charge in [-0.25, -0.2) is 4.79 Å². The van der Waals surface area contributed by atoms with Gasteiger partial charge in [-0.15, -0.1) is 12.4 Å². The number of nitrogens with one attached hydrogen (secondary N) is 1. The van der Waals surface area contributed by atoms with Crippen LogP contribution < -0.4 is 16.8 Å². The minimum atomic E-state index is -0.513. The summed E-state index contributed by atoms with van der Waals surface area (Å²) in [6.45, 7) is 4.32. The summed E-state index contributed by atoms with van der Waals surface area (Å²) in [4.78, 5) is 43.9. The van der Waals surface area contributed by atoms with Crippen LogP contribution in [0, 0.1) is 6.92 Å². The summed E-state index contributed by atoms with van der Waals surface area (Å²) in [6, 6.07) is 11.3. The number of nitrogens with zero attached hydrogens (tertiary/aromatic N) is 3. The lowest BCUT2D eigenvalue weighted by atomic mass is 10.1. The topological polar surface area (TPSA) is 162 Å². The van der Waals surface area contributed by atoms with Crippen molar-refractivity contribution in [2.45, 2.75) is 33.0 Å². The predicted octanol–water partition coefficient (Wildman–Crippen LogP) is 4.80. The highest BCUT2D eigenvalue weighted by Gasteiger charge is 2.14. The van der Waals surface area contributed by atoms with Gasteiger partial charge in [-0.3, -0.25) is 14.6 Å². The van der Waals surface area contributed by atoms with Gasteiger partial charge in [-0.1, -0.05) is 52.4 Å². The molecule has 0 aliphatic rings. The lowest BCUT2D eigenvalue weighted by Gasteiger charge is -2.22. The van der Waals surface area contributed by atoms with Gasteiger partial charge in [0, 0.05) is 34.8 Å². The highest BCUT2D eigenvalue weighted by molar-refractivity contribution is 8.14. The predicted molar refractivity (Wildman–Crippen MR) is 165 cm³/mol. The van der Waals surface area contributed by atoms with Crippen LogP contribution in [0.5, 0.6) is 0 Å². The number of carbonyl (C=O) groups excluding carboxylic acids is 3. The van der Waals surface area contributed by atoms with Crippen LogP contribution >= 0.6 is 47.5 Å². The van der Waals surface area contributed by atoms with Gasteiger partial charge in [-0.05, 0) is 63.3 Å². The molecule has 5 N–H and O–H groups in total. The number of amides is 3. The van der Waals surface area contributed by atoms with Gasteiger partial charge in [0.15, 0.2) is 6.61 Å². The number of carbonyl (C=O) groups is 3. The number of thioether (sulfide) groups is 2. The smallest absolute Gasteiger partial charge is 0.407 e. The van der Waals surface area contributed by atoms with E-state index in [-0.39, 0.29) is 25.0 Å². The molecule has 0 fully saturated rings. The summed E-state index contributed by atoms with van der Waals surface area (Å²) in [5.74, 6) is 1.14. The van der Waals surface area contributed by atoms with Gasteiger partial charge in [0.25, 0.3) is 10.5 Å². The Labute approximate surface area is 254 Å². The number of methoxy groups -OCH3 is 1. The van der Waals surface area contributed by atoms with Crippen molar-refractivity contribution in [3.63, 3.8) is 0 Å². The number of aryl methyl sites for hydroxylation is 1. The molecule has 0 aliphatic carbocycles. The maximum absolute atomic E-state index is 11.2. The van der Waals surface area contributed by atoms with Crippen LogP contribution in [-0.4, -0.2) is 70.9 Å². The van der Waals surface area contributed by atoms with Gasteiger partial charge in [-0.2, -0.15) is 0 Å². The van der Waals surface area contributed by atoms with E-state index in [1.165, 1.54) is 7.11 Å². The zero-order valence-corrected chi connectivity index (χ0v) is 26.2. The molecular formula is C25H36Cl2N6O5S2. The van der Waals surface area contributed by atoms with Gasteiger partial charge in [0.1, 0.15) is 0 Å². The lowest BCUT2D eigenvalue weighted by molar-refractivity contribution is 0.127. The van der Waals surface area contributed by atoms with Crippen molar-refractivity contribution >= 4 is 69.8 Å². The minimum absolute atomic E-state index is 0. The molecule has 0 spiro atoms. The first-order valence-corrected chi connectivity index (χ1v) is 14.0. The first-order chi connectivity index (χ1) is 18.4. The molecule has 11 nitrogen and oxygen atoms in total. The van der Waals surface area contributed by atoms with E-state index in [0.29, 0.717) is 28.8 Å². The zero-order chi connectivity index (χ0) is 29.4. The highest BCUT2D eigenvalue weighted by Crippen LogP contribution is 2.18. The van der Waals surface area contributed by atoms with Gasteiger partial charge >= 0.3 is 6.09 Å². The van der Waals surface area contributed by atoms with Gasteiger partial charge in [0.2, 0.25) is 0 Å². The number of rotatable bonds is 11. The number of ether oxygens (including phenoxy) is 1. The average molecular weight is 636 g/mol. The summed E-state index contributed by atoms with van der Waals surface area (Å²) in [6.07, 6.45) is -0.513. The Morgan fingerprint density at radius 3 is 2.27 bits per heavy atom. The van der Waals surface area contributed by atoms with Crippen molar-refractivity contribution < 1.29 is 24.0 Å². The van der Waals surface area contributed by atoms with Crippen molar-refractivity contribution in [1.29, 1.82) is 0 Å². The third-order valence-electron chi connectivity index (χ3n) is 5.00. The number of oxime groups is 1. The Morgan fingerprint density at radius 2 is 1.75 bits per heavy atom. The molecule has 3 amide bonds. The molecule has 0 saturated heterocycles. The second-order valence-electron chi connectivity index (χ2n) is 8.25. The fraction of sp³-hybridized carbons (Fsp3) is 0.400. The van der Waals surface area contributed by atoms with E-state index in [2.05, 4.69) is 20.2 Å². The second-order valence-corrected chi connectivity index (χ2v) is 10.7. The van der Waals surface area contributed by atoms with Crippen molar-refractivity contribution in [3.05, 3.63) is 63.9 Å². The molecule has 40 heavy (non-hydrogen) atoms. The maximum Gasteiger partial charge on any atom is 0.407 e. The first-order valence-electron chi connectivity index (χ1n) is 11.6. The van der Waals surface area contributed by atoms with Gasteiger partial charge in [0.05, 0.1) is 18.5 Å². The van der Waals surface area contributed by atoms with E-state index in [1.807, 2.05) is 63.2 Å². The normalized spacial score (nSPS) is 10.8. The number of aromatic nitrogens is 1. The van der Waals surface area contributed by atoms with Crippen LogP contribution in [0.15, 0.2) is 41.6 Å². The Bertz CT molecular complexity index is 1120. The van der Waals surface area contributed by atoms with Crippen LogP contribution in [0.3, 0.4) is 0 Å². The van der Waals surface area contributed by atoms with E-state index >= 15 is 0 Å². The van der Waals surface area contributed by atoms with E-state index in [4.69, 9.17) is 27.9 Å². The Balaban J connectivity index is 0.000000871. The summed E-state index contributed by atoms with van der Waals surface area (Å²) in [7, 11) is 5.08. The Hall–Kier alpha value is -2.71. The van der Waals surface area contributed by atoms with Crippen molar-refractivity contribution in [2.75, 3.05) is 32.7 Å². The standard InChI is InChI=1S/C18H20ClN3O3.C7H15N3O2S2.ClH/c1-12-5-4-6-16(21-12)11-25-22-13(2)14-7-8-17(19)15(9-14)10-20-18(23)24-3;1-10(2)5(3-13-6(8)11)4-14-7(9)12;/h4-9H,10-11H2,1-3H3,(H,20,23);5H,3-4H2,1-2H3,(H2,8,11)(H2,9,12);1H/b22-13+;;. The van der Waals surface area contributed by atoms with E-state index < -0.39 is 16.6 Å². The second kappa shape index (κ2) is 20.2. The zero-order valence-electron chi connectivity index (χ0n) is 23.0. The Kier molecular flexibility index (Phi) is 18.8. The van der Waals surface area contributed by atoms with Crippen molar-refractivity contribution in [3.8, 4) is 0 Å². The SMILES string of the molecule is CN(C)C(CSC(N)=O)CSC(N)=O.COC(=O)NCc1cc(/C(C)=N/OCc2cccc(C)n2)ccc1Cl.Cl. The third-order valence-corrected chi connectivity index (χ3v) is 7.04. The van der Waals surface area contributed by atoms with Crippen LogP contribution in [0.4, 0.5) is 14.4 Å². The monoisotopic (exact) mass is 634 g/mol. The number of pyridine rings is 1. The van der Waals surface area contributed by atoms with E-state index in [0.717, 1.165) is 46.0 Å². The van der Waals surface area contributed by atoms with Crippen molar-refractivity contribution in [1.82, 2.24) is 15.2 Å². The van der Waals surface area contributed by atoms with Crippen molar-refractivity contribution in [2.24, 2.45) is 16.6 Å². The van der Waals surface area contributed by atoms with E-state index in [1.54, 1.807) is 6.07 Å². The molecule has 0 unspecified atom stereocenters. The van der Waals surface area contributed by atoms with E-state index in [9.17, 15) is 14.4 Å². The fourth-order valence-electron chi connectivity index (χ4n) is 2.81. The van der Waals surface area contributed by atoms with Crippen LogP contribution in [0.25, 0.3) is 0 Å². The van der Waals surface area contributed by atoms with Crippen LogP contribution in [0.1, 0.15) is 29.4 Å². The molecule has 15 heteroatoms. The molecule has 0 radical (unpaired) electrons. The fourth-order valence-corrected chi connectivity index (χ4v) is 4.68. The first kappa shape index (κ1) is 37.3. The number of benzene rings is 1. The number of alkyl carbamates (subject to hydrolysis) is 1. The van der Waals surface area contributed by atoms with Crippen LogP contribution in [0.2, 0.25) is 5.02 Å². The molecular weight excluding hydrogens is 599 g/mol. The molecule has 2 rings (SSSR count). The molecule has 0 saturated carbocycles. The average Bonchev–Trinajstić information content (AvgIpc) is 2.87. The summed E-state index contributed by atoms with van der Waals surface area (Å²) in [5, 5.41) is 6.47. The molecule has 1 aromatic carbocycles. The summed E-state index contributed by atoms with van der Waals surface area (Å²) in [5.41, 5.74) is 14.1. The molecule has 0 bridgehead atoms. The molecule has 0 aliphatic heterocycles. The molecule has 2 aromatic rings. The molecule has 0 atom stereocenters. The molecule has 1 aromatic heterocycles. The lowest BCUT2D eigenvalue weighted by Crippen LogP contribution is -2.34. The van der Waals surface area contributed by atoms with Crippen LogP contribution in [-0.2, 0) is 22.7 Å².